The second kappa shape index (κ2) is 6.08. The Morgan fingerprint density at radius 2 is 2.13 bits per heavy atom. The van der Waals surface area contributed by atoms with Gasteiger partial charge in [-0.05, 0) is 31.9 Å². The smallest absolute Gasteiger partial charge is 0.225 e. The van der Waals surface area contributed by atoms with Crippen LogP contribution in [0, 0.1) is 0 Å². The first-order chi connectivity index (χ1) is 7.19. The van der Waals surface area contributed by atoms with E-state index in [1.807, 2.05) is 18.4 Å². The highest BCUT2D eigenvalue weighted by Crippen LogP contribution is 2.11. The molecular weight excluding hydrogens is 214 g/mol. The maximum Gasteiger partial charge on any atom is 0.225 e. The predicted octanol–water partition coefficient (Wildman–Crippen LogP) is 2.31. The molecule has 0 aliphatic rings. The van der Waals surface area contributed by atoms with Gasteiger partial charge in [0.25, 0.3) is 0 Å². The van der Waals surface area contributed by atoms with E-state index in [0.717, 1.165) is 25.2 Å². The Kier molecular flexibility index (Phi) is 5.05. The minimum absolute atomic E-state index is 0.138. The first kappa shape index (κ1) is 12.5. The van der Waals surface area contributed by atoms with Gasteiger partial charge < -0.3 is 4.74 Å². The van der Waals surface area contributed by atoms with Crippen LogP contribution in [0.5, 0.6) is 0 Å². The number of rotatable bonds is 6. The van der Waals surface area contributed by atoms with Crippen LogP contribution in [0.25, 0.3) is 0 Å². The van der Waals surface area contributed by atoms with Crippen molar-refractivity contribution in [3.8, 4) is 0 Å². The summed E-state index contributed by atoms with van der Waals surface area (Å²) in [6, 6.07) is 0. The lowest BCUT2D eigenvalue weighted by Crippen LogP contribution is -2.18. The molecule has 4 nitrogen and oxygen atoms in total. The van der Waals surface area contributed by atoms with Gasteiger partial charge in [-0.2, -0.15) is 0 Å². The summed E-state index contributed by atoms with van der Waals surface area (Å²) in [7, 11) is 0. The van der Waals surface area contributed by atoms with E-state index in [1.54, 1.807) is 0 Å². The van der Waals surface area contributed by atoms with Crippen molar-refractivity contribution in [2.45, 2.75) is 46.3 Å². The molecule has 15 heavy (non-hydrogen) atoms. The Labute approximate surface area is 95.6 Å². The fraction of sp³-hybridized carbons (Fsp3) is 0.800. The number of aryl methyl sites for hydroxylation is 1. The SMILES string of the molecule is CCCc1nnc(Cl)n1CC(C)OCC. The summed E-state index contributed by atoms with van der Waals surface area (Å²) in [5.41, 5.74) is 0. The lowest BCUT2D eigenvalue weighted by molar-refractivity contribution is 0.0634. The zero-order chi connectivity index (χ0) is 11.3. The van der Waals surface area contributed by atoms with Gasteiger partial charge in [0.2, 0.25) is 5.28 Å². The number of aromatic nitrogens is 3. The summed E-state index contributed by atoms with van der Waals surface area (Å²) in [5.74, 6) is 0.939. The molecule has 0 amide bonds. The molecule has 0 N–H and O–H groups in total. The Bertz CT molecular complexity index is 301. The lowest BCUT2D eigenvalue weighted by atomic mass is 10.3. The zero-order valence-corrected chi connectivity index (χ0v) is 10.3. The molecule has 1 unspecified atom stereocenters. The van der Waals surface area contributed by atoms with Crippen LogP contribution in [0.1, 0.15) is 33.0 Å². The molecule has 0 aliphatic carbocycles. The van der Waals surface area contributed by atoms with Crippen molar-refractivity contribution in [3.63, 3.8) is 0 Å². The highest BCUT2D eigenvalue weighted by molar-refractivity contribution is 6.28. The largest absolute Gasteiger partial charge is 0.377 e. The van der Waals surface area contributed by atoms with Crippen LogP contribution < -0.4 is 0 Å². The molecule has 0 aromatic carbocycles. The van der Waals surface area contributed by atoms with E-state index in [0.29, 0.717) is 11.9 Å². The van der Waals surface area contributed by atoms with Gasteiger partial charge in [0, 0.05) is 13.0 Å². The second-order valence-corrected chi connectivity index (χ2v) is 3.85. The van der Waals surface area contributed by atoms with Crippen LogP contribution in [0.2, 0.25) is 5.28 Å². The van der Waals surface area contributed by atoms with Crippen LogP contribution in [-0.2, 0) is 17.7 Å². The number of hydrogen-bond acceptors (Lipinski definition) is 3. The Morgan fingerprint density at radius 1 is 1.40 bits per heavy atom. The minimum atomic E-state index is 0.138. The zero-order valence-electron chi connectivity index (χ0n) is 9.53. The Morgan fingerprint density at radius 3 is 2.73 bits per heavy atom. The number of ether oxygens (including phenoxy) is 1. The van der Waals surface area contributed by atoms with Gasteiger partial charge in [0.1, 0.15) is 5.82 Å². The van der Waals surface area contributed by atoms with Gasteiger partial charge in [0.15, 0.2) is 0 Å². The van der Waals surface area contributed by atoms with Crippen molar-refractivity contribution in [2.75, 3.05) is 6.61 Å². The molecule has 1 heterocycles. The predicted molar refractivity (Wildman–Crippen MR) is 60.1 cm³/mol. The molecule has 0 saturated carbocycles. The van der Waals surface area contributed by atoms with Crippen molar-refractivity contribution in [1.82, 2.24) is 14.8 Å². The van der Waals surface area contributed by atoms with Crippen LogP contribution in [0.4, 0.5) is 0 Å². The van der Waals surface area contributed by atoms with Crippen LogP contribution in [0.15, 0.2) is 0 Å². The molecule has 1 aromatic rings. The highest BCUT2D eigenvalue weighted by atomic mass is 35.5. The summed E-state index contributed by atoms with van der Waals surface area (Å²) in [6.45, 7) is 7.55. The fourth-order valence-corrected chi connectivity index (χ4v) is 1.70. The first-order valence-corrected chi connectivity index (χ1v) is 5.76. The summed E-state index contributed by atoms with van der Waals surface area (Å²) in [5, 5.41) is 8.36. The van der Waals surface area contributed by atoms with E-state index in [2.05, 4.69) is 17.1 Å². The topological polar surface area (TPSA) is 39.9 Å². The van der Waals surface area contributed by atoms with E-state index in [4.69, 9.17) is 16.3 Å². The third kappa shape index (κ3) is 3.47. The molecule has 0 aliphatic heterocycles. The summed E-state index contributed by atoms with van der Waals surface area (Å²) >= 11 is 5.96. The third-order valence-electron chi connectivity index (χ3n) is 2.15. The average Bonchev–Trinajstić information content (AvgIpc) is 2.51. The highest BCUT2D eigenvalue weighted by Gasteiger charge is 2.12. The fourth-order valence-electron chi connectivity index (χ4n) is 1.50. The molecule has 0 saturated heterocycles. The van der Waals surface area contributed by atoms with E-state index >= 15 is 0 Å². The Hall–Kier alpha value is -0.610. The van der Waals surface area contributed by atoms with Crippen molar-refractivity contribution in [1.29, 1.82) is 0 Å². The molecule has 1 aromatic heterocycles. The minimum Gasteiger partial charge on any atom is -0.377 e. The normalized spacial score (nSPS) is 13.1. The van der Waals surface area contributed by atoms with Gasteiger partial charge in [-0.15, -0.1) is 10.2 Å². The maximum absolute atomic E-state index is 5.96. The summed E-state index contributed by atoms with van der Waals surface area (Å²) < 4.78 is 7.39. The first-order valence-electron chi connectivity index (χ1n) is 5.38. The molecule has 0 bridgehead atoms. The van der Waals surface area contributed by atoms with Crippen molar-refractivity contribution in [3.05, 3.63) is 11.1 Å². The number of nitrogens with zero attached hydrogens (tertiary/aromatic N) is 3. The van der Waals surface area contributed by atoms with Crippen LogP contribution >= 0.6 is 11.6 Å². The molecule has 0 radical (unpaired) electrons. The summed E-state index contributed by atoms with van der Waals surface area (Å²) in [4.78, 5) is 0. The molecule has 5 heteroatoms. The Balaban J connectivity index is 2.69. The lowest BCUT2D eigenvalue weighted by Gasteiger charge is -2.14. The maximum atomic E-state index is 5.96. The van der Waals surface area contributed by atoms with Crippen molar-refractivity contribution < 1.29 is 4.74 Å². The van der Waals surface area contributed by atoms with E-state index in [1.165, 1.54) is 0 Å². The monoisotopic (exact) mass is 231 g/mol. The van der Waals surface area contributed by atoms with Gasteiger partial charge in [0.05, 0.1) is 12.6 Å². The van der Waals surface area contributed by atoms with Crippen molar-refractivity contribution >= 4 is 11.6 Å². The van der Waals surface area contributed by atoms with Crippen LogP contribution in [-0.4, -0.2) is 27.5 Å². The van der Waals surface area contributed by atoms with Gasteiger partial charge >= 0.3 is 0 Å². The molecule has 0 fully saturated rings. The molecular formula is C10H18ClN3O. The number of halogens is 1. The van der Waals surface area contributed by atoms with Gasteiger partial charge in [-0.25, -0.2) is 0 Å². The van der Waals surface area contributed by atoms with Gasteiger partial charge in [-0.3, -0.25) is 4.57 Å². The molecule has 1 atom stereocenters. The third-order valence-corrected chi connectivity index (χ3v) is 2.43. The molecule has 86 valence electrons. The van der Waals surface area contributed by atoms with Crippen LogP contribution in [0.3, 0.4) is 0 Å². The standard InChI is InChI=1S/C10H18ClN3O/c1-4-6-9-12-13-10(11)14(9)7-8(3)15-5-2/h8H,4-7H2,1-3H3. The van der Waals surface area contributed by atoms with Gasteiger partial charge in [-0.1, -0.05) is 6.92 Å². The number of hydrogen-bond donors (Lipinski definition) is 0. The molecule has 1 rings (SSSR count). The average molecular weight is 232 g/mol. The van der Waals surface area contributed by atoms with E-state index < -0.39 is 0 Å². The van der Waals surface area contributed by atoms with E-state index in [-0.39, 0.29) is 6.10 Å². The summed E-state index contributed by atoms with van der Waals surface area (Å²) in [6.07, 6.45) is 2.08. The van der Waals surface area contributed by atoms with E-state index in [9.17, 15) is 0 Å². The quantitative estimate of drug-likeness (QED) is 0.754. The molecule has 0 spiro atoms. The van der Waals surface area contributed by atoms with Crippen molar-refractivity contribution in [2.24, 2.45) is 0 Å². The second-order valence-electron chi connectivity index (χ2n) is 3.51.